The van der Waals surface area contributed by atoms with E-state index >= 15 is 0 Å². The Morgan fingerprint density at radius 3 is 2.25 bits per heavy atom. The summed E-state index contributed by atoms with van der Waals surface area (Å²) in [5, 5.41) is 8.25. The molecular formula is C8H18N4. The molecule has 4 nitrogen and oxygen atoms in total. The zero-order chi connectivity index (χ0) is 8.39. The van der Waals surface area contributed by atoms with Gasteiger partial charge in [0.15, 0.2) is 0 Å². The minimum absolute atomic E-state index is 1.05. The van der Waals surface area contributed by atoms with Crippen LogP contribution >= 0.6 is 0 Å². The molecule has 2 aliphatic heterocycles. The lowest BCUT2D eigenvalue weighted by atomic mass is 10.4. The van der Waals surface area contributed by atoms with Crippen molar-refractivity contribution in [1.82, 2.24) is 20.2 Å². The summed E-state index contributed by atoms with van der Waals surface area (Å²) in [4.78, 5) is 2.39. The second-order valence-corrected chi connectivity index (χ2v) is 3.65. The Morgan fingerprint density at radius 1 is 0.917 bits per heavy atom. The Kier molecular flexibility index (Phi) is 2.60. The van der Waals surface area contributed by atoms with Gasteiger partial charge in [-0.1, -0.05) is 0 Å². The summed E-state index contributed by atoms with van der Waals surface area (Å²) >= 11 is 0. The van der Waals surface area contributed by atoms with Gasteiger partial charge in [-0.3, -0.25) is 0 Å². The highest BCUT2D eigenvalue weighted by Gasteiger charge is 2.21. The first-order chi connectivity index (χ1) is 5.86. The first kappa shape index (κ1) is 8.44. The van der Waals surface area contributed by atoms with Crippen molar-refractivity contribution in [3.63, 3.8) is 0 Å². The van der Waals surface area contributed by atoms with Crippen LogP contribution in [-0.2, 0) is 0 Å². The molecule has 2 saturated heterocycles. The molecule has 0 aliphatic carbocycles. The van der Waals surface area contributed by atoms with Crippen molar-refractivity contribution in [3.8, 4) is 0 Å². The first-order valence-corrected chi connectivity index (χ1v) is 4.75. The third kappa shape index (κ3) is 1.77. The van der Waals surface area contributed by atoms with E-state index in [0.29, 0.717) is 0 Å². The quantitative estimate of drug-likeness (QED) is 0.545. The maximum Gasteiger partial charge on any atom is 0.0624 e. The molecule has 0 atom stereocenters. The van der Waals surface area contributed by atoms with Gasteiger partial charge < -0.3 is 10.2 Å². The second kappa shape index (κ2) is 3.70. The van der Waals surface area contributed by atoms with Crippen LogP contribution in [0.1, 0.15) is 0 Å². The predicted octanol–water partition coefficient (Wildman–Crippen LogP) is -0.988. The van der Waals surface area contributed by atoms with Crippen molar-refractivity contribution in [2.75, 3.05) is 53.0 Å². The van der Waals surface area contributed by atoms with E-state index in [1.165, 1.54) is 32.7 Å². The van der Waals surface area contributed by atoms with Crippen LogP contribution in [0, 0.1) is 0 Å². The molecule has 0 aromatic rings. The molecule has 0 aromatic carbocycles. The second-order valence-electron chi connectivity index (χ2n) is 3.65. The highest BCUT2D eigenvalue weighted by Crippen LogP contribution is 2.04. The maximum absolute atomic E-state index is 3.35. The van der Waals surface area contributed by atoms with E-state index in [4.69, 9.17) is 0 Å². The molecule has 0 unspecified atom stereocenters. The molecule has 2 aliphatic rings. The summed E-state index contributed by atoms with van der Waals surface area (Å²) in [6.07, 6.45) is 0. The Morgan fingerprint density at radius 2 is 1.67 bits per heavy atom. The largest absolute Gasteiger partial charge is 0.304 e. The Labute approximate surface area is 74.1 Å². The summed E-state index contributed by atoms with van der Waals surface area (Å²) in [6, 6.07) is 0. The number of nitrogens with one attached hydrogen (secondary N) is 1. The number of hydrogen-bond acceptors (Lipinski definition) is 4. The topological polar surface area (TPSA) is 21.8 Å². The molecule has 0 bridgehead atoms. The van der Waals surface area contributed by atoms with Crippen molar-refractivity contribution < 1.29 is 0 Å². The summed E-state index contributed by atoms with van der Waals surface area (Å²) in [5.41, 5.74) is 0. The zero-order valence-corrected chi connectivity index (χ0v) is 7.79. The molecule has 70 valence electrons. The zero-order valence-electron chi connectivity index (χ0n) is 7.79. The number of rotatable bonds is 1. The highest BCUT2D eigenvalue weighted by molar-refractivity contribution is 4.71. The molecule has 2 fully saturated rings. The molecule has 0 aromatic heterocycles. The smallest absolute Gasteiger partial charge is 0.0624 e. The molecule has 0 saturated carbocycles. The van der Waals surface area contributed by atoms with E-state index in [9.17, 15) is 0 Å². The number of piperazine rings is 1. The molecule has 12 heavy (non-hydrogen) atoms. The minimum Gasteiger partial charge on any atom is -0.304 e. The Balaban J connectivity index is 1.80. The van der Waals surface area contributed by atoms with Gasteiger partial charge in [0, 0.05) is 39.3 Å². The normalized spacial score (nSPS) is 29.8. The predicted molar refractivity (Wildman–Crippen MR) is 48.6 cm³/mol. The average molecular weight is 170 g/mol. The van der Waals surface area contributed by atoms with Crippen molar-refractivity contribution >= 4 is 0 Å². The SMILES string of the molecule is CN1CCN(N2CCNC2)CC1. The fraction of sp³-hybridized carbons (Fsp3) is 1.00. The molecule has 4 heteroatoms. The molecule has 0 spiro atoms. The maximum atomic E-state index is 3.35. The van der Waals surface area contributed by atoms with E-state index in [-0.39, 0.29) is 0 Å². The molecule has 2 rings (SSSR count). The number of hydrazine groups is 1. The van der Waals surface area contributed by atoms with Crippen molar-refractivity contribution in [2.24, 2.45) is 0 Å². The third-order valence-corrected chi connectivity index (χ3v) is 2.72. The number of hydrogen-bond donors (Lipinski definition) is 1. The fourth-order valence-electron chi connectivity index (χ4n) is 1.82. The summed E-state index contributed by atoms with van der Waals surface area (Å²) in [5.74, 6) is 0. The van der Waals surface area contributed by atoms with E-state index in [1.54, 1.807) is 0 Å². The summed E-state index contributed by atoms with van der Waals surface area (Å²) in [6.45, 7) is 8.17. The summed E-state index contributed by atoms with van der Waals surface area (Å²) < 4.78 is 0. The van der Waals surface area contributed by atoms with Crippen molar-refractivity contribution in [1.29, 1.82) is 0 Å². The van der Waals surface area contributed by atoms with Gasteiger partial charge in [0.1, 0.15) is 0 Å². The number of nitrogens with zero attached hydrogens (tertiary/aromatic N) is 3. The van der Waals surface area contributed by atoms with Crippen LogP contribution in [0.4, 0.5) is 0 Å². The van der Waals surface area contributed by atoms with Gasteiger partial charge in [0.25, 0.3) is 0 Å². The van der Waals surface area contributed by atoms with Gasteiger partial charge in [-0.25, -0.2) is 10.0 Å². The van der Waals surface area contributed by atoms with E-state index in [1.807, 2.05) is 0 Å². The Hall–Kier alpha value is -0.160. The Bertz CT molecular complexity index is 136. The van der Waals surface area contributed by atoms with E-state index < -0.39 is 0 Å². The lowest BCUT2D eigenvalue weighted by Crippen LogP contribution is -2.52. The van der Waals surface area contributed by atoms with Gasteiger partial charge in [0.2, 0.25) is 0 Å². The lowest BCUT2D eigenvalue weighted by molar-refractivity contribution is -0.0363. The van der Waals surface area contributed by atoms with Gasteiger partial charge in [-0.15, -0.1) is 0 Å². The van der Waals surface area contributed by atoms with Crippen LogP contribution in [0.3, 0.4) is 0 Å². The summed E-state index contributed by atoms with van der Waals surface area (Å²) in [7, 11) is 2.19. The lowest BCUT2D eigenvalue weighted by Gasteiger charge is -2.37. The van der Waals surface area contributed by atoms with Gasteiger partial charge in [-0.05, 0) is 7.05 Å². The van der Waals surface area contributed by atoms with Gasteiger partial charge in [0.05, 0.1) is 6.67 Å². The standard InChI is InChI=1S/C8H18N4/c1-10-4-6-11(7-5-10)12-3-2-9-8-12/h9H,2-8H2,1H3. The van der Waals surface area contributed by atoms with Crippen LogP contribution in [0.15, 0.2) is 0 Å². The highest BCUT2D eigenvalue weighted by atomic mass is 15.7. The fourth-order valence-corrected chi connectivity index (χ4v) is 1.82. The minimum atomic E-state index is 1.05. The monoisotopic (exact) mass is 170 g/mol. The van der Waals surface area contributed by atoms with Crippen molar-refractivity contribution in [3.05, 3.63) is 0 Å². The van der Waals surface area contributed by atoms with Crippen molar-refractivity contribution in [2.45, 2.75) is 0 Å². The van der Waals surface area contributed by atoms with Gasteiger partial charge >= 0.3 is 0 Å². The average Bonchev–Trinajstić information content (AvgIpc) is 2.58. The first-order valence-electron chi connectivity index (χ1n) is 4.75. The third-order valence-electron chi connectivity index (χ3n) is 2.72. The molecule has 0 radical (unpaired) electrons. The van der Waals surface area contributed by atoms with E-state index in [0.717, 1.165) is 13.2 Å². The molecule has 1 N–H and O–H groups in total. The van der Waals surface area contributed by atoms with Gasteiger partial charge in [-0.2, -0.15) is 0 Å². The molecule has 0 amide bonds. The molecule has 2 heterocycles. The van der Waals surface area contributed by atoms with E-state index in [2.05, 4.69) is 27.3 Å². The van der Waals surface area contributed by atoms with Crippen LogP contribution in [0.25, 0.3) is 0 Å². The van der Waals surface area contributed by atoms with Crippen LogP contribution < -0.4 is 5.32 Å². The van der Waals surface area contributed by atoms with Crippen LogP contribution in [0.2, 0.25) is 0 Å². The molecular weight excluding hydrogens is 152 g/mol. The number of likely N-dealkylation sites (N-methyl/N-ethyl adjacent to an activating group) is 1. The van der Waals surface area contributed by atoms with Crippen LogP contribution in [0.5, 0.6) is 0 Å². The van der Waals surface area contributed by atoms with Crippen LogP contribution in [-0.4, -0.2) is 67.9 Å².